The van der Waals surface area contributed by atoms with E-state index < -0.39 is 0 Å². The molecule has 0 atom stereocenters. The molecule has 1 aromatic carbocycles. The molecule has 1 saturated carbocycles. The average Bonchev–Trinajstić information content (AvgIpc) is 3.54. The highest BCUT2D eigenvalue weighted by Crippen LogP contribution is 2.30. The van der Waals surface area contributed by atoms with Crippen LogP contribution in [0.25, 0.3) is 33.2 Å². The topological polar surface area (TPSA) is 61.9 Å². The van der Waals surface area contributed by atoms with Gasteiger partial charge in [0.05, 0.1) is 40.7 Å². The predicted octanol–water partition coefficient (Wildman–Crippen LogP) is 5.04. The van der Waals surface area contributed by atoms with Gasteiger partial charge in [-0.1, -0.05) is 18.2 Å². The van der Waals surface area contributed by atoms with Gasteiger partial charge in [-0.2, -0.15) is 0 Å². The van der Waals surface area contributed by atoms with E-state index in [9.17, 15) is 4.79 Å². The number of hydrogen-bond donors (Lipinski definition) is 0. The van der Waals surface area contributed by atoms with Crippen LogP contribution in [0.2, 0.25) is 0 Å². The van der Waals surface area contributed by atoms with Gasteiger partial charge in [0, 0.05) is 24.7 Å². The molecule has 0 saturated heterocycles. The van der Waals surface area contributed by atoms with Crippen LogP contribution in [-0.2, 0) is 7.05 Å². The molecule has 4 aromatic rings. The summed E-state index contributed by atoms with van der Waals surface area (Å²) in [5.41, 5.74) is 4.70. The summed E-state index contributed by atoms with van der Waals surface area (Å²) in [6.07, 6.45) is 12.4. The molecule has 0 amide bonds. The fourth-order valence-corrected chi connectivity index (χ4v) is 3.94. The molecule has 1 aliphatic carbocycles. The van der Waals surface area contributed by atoms with Crippen LogP contribution in [-0.4, -0.2) is 25.7 Å². The van der Waals surface area contributed by atoms with Crippen molar-refractivity contribution >= 4 is 27.5 Å². The van der Waals surface area contributed by atoms with Gasteiger partial charge in [0.15, 0.2) is 0 Å². The second kappa shape index (κ2) is 8.11. The second-order valence-corrected chi connectivity index (χ2v) is 8.30. The van der Waals surface area contributed by atoms with Gasteiger partial charge in [-0.3, -0.25) is 9.36 Å². The predicted molar refractivity (Wildman–Crippen MR) is 128 cm³/mol. The molecule has 0 unspecified atom stereocenters. The van der Waals surface area contributed by atoms with Gasteiger partial charge in [-0.15, -0.1) is 0 Å². The number of allylic oxidation sites excluding steroid dienone is 4. The first-order chi connectivity index (χ1) is 15.5. The molecule has 3 aromatic heterocycles. The van der Waals surface area contributed by atoms with E-state index in [1.807, 2.05) is 68.1 Å². The summed E-state index contributed by atoms with van der Waals surface area (Å²) in [5.74, 6) is 1.20. The quantitative estimate of drug-likeness (QED) is 0.405. The molecule has 0 spiro atoms. The smallest absolute Gasteiger partial charge is 0.264 e. The maximum Gasteiger partial charge on any atom is 0.264 e. The Balaban J connectivity index is 1.73. The monoisotopic (exact) mass is 426 g/mol. The van der Waals surface area contributed by atoms with Gasteiger partial charge in [0.1, 0.15) is 0 Å². The van der Waals surface area contributed by atoms with Gasteiger partial charge in [-0.25, -0.2) is 9.97 Å². The molecule has 0 bridgehead atoms. The molecule has 0 aliphatic heterocycles. The third kappa shape index (κ3) is 3.73. The number of ether oxygens (including phenoxy) is 1. The van der Waals surface area contributed by atoms with Gasteiger partial charge in [-0.05, 0) is 62.4 Å². The van der Waals surface area contributed by atoms with Crippen molar-refractivity contribution in [2.24, 2.45) is 13.0 Å². The van der Waals surface area contributed by atoms with Crippen molar-refractivity contribution in [2.45, 2.75) is 26.7 Å². The van der Waals surface area contributed by atoms with E-state index >= 15 is 0 Å². The van der Waals surface area contributed by atoms with E-state index in [1.165, 1.54) is 12.8 Å². The highest BCUT2D eigenvalue weighted by atomic mass is 16.5. The normalized spacial score (nSPS) is 14.7. The standard InChI is InChI=1S/C26H26N4O2/c1-4-32-23-13-10-19-15-30(20-11-12-21-22(14-20)29(3)16-27-21)26(31)24(25(19)28-23)17(2)6-5-7-18-8-9-18/h5-7,10-16,18H,4,8-9H2,1-3H3/b7-5+,17-6+. The fraction of sp³-hybridized carbons (Fsp3) is 0.269. The molecule has 1 aliphatic rings. The number of fused-ring (bicyclic) bond motifs is 2. The van der Waals surface area contributed by atoms with Gasteiger partial charge in [0.25, 0.3) is 5.56 Å². The van der Waals surface area contributed by atoms with Crippen LogP contribution in [0.4, 0.5) is 0 Å². The van der Waals surface area contributed by atoms with Crippen molar-refractivity contribution in [1.82, 2.24) is 19.1 Å². The minimum absolute atomic E-state index is 0.103. The van der Waals surface area contributed by atoms with Crippen molar-refractivity contribution < 1.29 is 4.74 Å². The molecule has 1 fully saturated rings. The van der Waals surface area contributed by atoms with Gasteiger partial charge >= 0.3 is 0 Å². The maximum atomic E-state index is 13.8. The highest BCUT2D eigenvalue weighted by Gasteiger charge is 2.18. The summed E-state index contributed by atoms with van der Waals surface area (Å²) in [6, 6.07) is 9.68. The molecular formula is C26H26N4O2. The zero-order chi connectivity index (χ0) is 22.2. The number of aryl methyl sites for hydroxylation is 1. The van der Waals surface area contributed by atoms with Crippen molar-refractivity contribution in [3.8, 4) is 11.6 Å². The highest BCUT2D eigenvalue weighted by molar-refractivity contribution is 5.90. The summed E-state index contributed by atoms with van der Waals surface area (Å²) >= 11 is 0. The van der Waals surface area contributed by atoms with Crippen molar-refractivity contribution in [3.63, 3.8) is 0 Å². The molecule has 6 heteroatoms. The summed E-state index contributed by atoms with van der Waals surface area (Å²) < 4.78 is 9.27. The van der Waals surface area contributed by atoms with E-state index in [4.69, 9.17) is 4.74 Å². The third-order valence-electron chi connectivity index (χ3n) is 5.86. The molecular weight excluding hydrogens is 400 g/mol. The second-order valence-electron chi connectivity index (χ2n) is 8.30. The lowest BCUT2D eigenvalue weighted by Crippen LogP contribution is -2.22. The lowest BCUT2D eigenvalue weighted by Gasteiger charge is -2.13. The Bertz CT molecular complexity index is 1440. The van der Waals surface area contributed by atoms with E-state index in [1.54, 1.807) is 10.9 Å². The van der Waals surface area contributed by atoms with Crippen molar-refractivity contribution in [3.05, 3.63) is 77.0 Å². The molecule has 6 nitrogen and oxygen atoms in total. The first kappa shape index (κ1) is 20.2. The number of aromatic nitrogens is 4. The Labute approximate surface area is 186 Å². The molecule has 0 N–H and O–H groups in total. The van der Waals surface area contributed by atoms with Crippen LogP contribution in [0, 0.1) is 5.92 Å². The lowest BCUT2D eigenvalue weighted by atomic mass is 10.0. The Kier molecular flexibility index (Phi) is 5.13. The van der Waals surface area contributed by atoms with Crippen molar-refractivity contribution in [1.29, 1.82) is 0 Å². The molecule has 5 rings (SSSR count). The van der Waals surface area contributed by atoms with E-state index in [2.05, 4.69) is 22.1 Å². The Morgan fingerprint density at radius 3 is 2.88 bits per heavy atom. The van der Waals surface area contributed by atoms with Gasteiger partial charge in [0.2, 0.25) is 5.88 Å². The fourth-order valence-electron chi connectivity index (χ4n) is 3.94. The summed E-state index contributed by atoms with van der Waals surface area (Å²) in [5, 5.41) is 0.882. The molecule has 32 heavy (non-hydrogen) atoms. The van der Waals surface area contributed by atoms with Crippen LogP contribution >= 0.6 is 0 Å². The summed E-state index contributed by atoms with van der Waals surface area (Å²) in [6.45, 7) is 4.42. The van der Waals surface area contributed by atoms with Crippen LogP contribution < -0.4 is 10.3 Å². The van der Waals surface area contributed by atoms with Gasteiger partial charge < -0.3 is 9.30 Å². The van der Waals surface area contributed by atoms with E-state index in [0.29, 0.717) is 29.5 Å². The third-order valence-corrected chi connectivity index (χ3v) is 5.86. The summed E-state index contributed by atoms with van der Waals surface area (Å²) in [4.78, 5) is 22.8. The van der Waals surface area contributed by atoms with Crippen LogP contribution in [0.1, 0.15) is 32.3 Å². The molecule has 0 radical (unpaired) electrons. The Hall–Kier alpha value is -3.67. The minimum atomic E-state index is -0.103. The lowest BCUT2D eigenvalue weighted by molar-refractivity contribution is 0.328. The zero-order valence-corrected chi connectivity index (χ0v) is 18.6. The maximum absolute atomic E-state index is 13.8. The van der Waals surface area contributed by atoms with E-state index in [0.717, 1.165) is 27.7 Å². The van der Waals surface area contributed by atoms with Crippen LogP contribution in [0.5, 0.6) is 5.88 Å². The zero-order valence-electron chi connectivity index (χ0n) is 18.6. The molecule has 3 heterocycles. The number of imidazole rings is 1. The summed E-state index contributed by atoms with van der Waals surface area (Å²) in [7, 11) is 1.95. The largest absolute Gasteiger partial charge is 0.478 e. The van der Waals surface area contributed by atoms with Crippen molar-refractivity contribution in [2.75, 3.05) is 6.61 Å². The number of pyridine rings is 2. The average molecular weight is 427 g/mol. The first-order valence-electron chi connectivity index (χ1n) is 11.0. The van der Waals surface area contributed by atoms with E-state index in [-0.39, 0.29) is 5.56 Å². The Morgan fingerprint density at radius 2 is 2.09 bits per heavy atom. The van der Waals surface area contributed by atoms with Crippen LogP contribution in [0.15, 0.2) is 65.9 Å². The number of benzene rings is 1. The van der Waals surface area contributed by atoms with Crippen LogP contribution in [0.3, 0.4) is 0 Å². The minimum Gasteiger partial charge on any atom is -0.478 e. The number of hydrogen-bond acceptors (Lipinski definition) is 4. The number of rotatable bonds is 6. The SMILES string of the molecule is CCOc1ccc2cn(-c3ccc4ncn(C)c4c3)c(=O)c(/C(C)=C/C=C/C3CC3)c2n1. The number of nitrogens with zero attached hydrogens (tertiary/aromatic N) is 4. The first-order valence-corrected chi connectivity index (χ1v) is 11.0. The Morgan fingerprint density at radius 1 is 1.25 bits per heavy atom. The molecule has 162 valence electrons.